The van der Waals surface area contributed by atoms with Crippen molar-refractivity contribution in [3.63, 3.8) is 0 Å². The molecule has 0 aliphatic rings. The van der Waals surface area contributed by atoms with E-state index in [1.165, 1.54) is 37.0 Å². The number of aromatic nitrogens is 3. The normalized spacial score (nSPS) is 11.2. The van der Waals surface area contributed by atoms with E-state index in [1.54, 1.807) is 0 Å². The fourth-order valence-electron chi connectivity index (χ4n) is 6.89. The predicted octanol–water partition coefficient (Wildman–Crippen LogP) is 12.3. The second-order valence-electron chi connectivity index (χ2n) is 12.5. The number of thiophene rings is 1. The Labute approximate surface area is 301 Å². The van der Waals surface area contributed by atoms with Gasteiger partial charge in [-0.1, -0.05) is 146 Å². The van der Waals surface area contributed by atoms with Gasteiger partial charge in [-0.25, -0.2) is 15.0 Å². The van der Waals surface area contributed by atoms with Crippen molar-refractivity contribution < 1.29 is 0 Å². The molecule has 0 saturated heterocycles. The molecule has 0 atom stereocenters. The highest BCUT2D eigenvalue weighted by Crippen LogP contribution is 2.47. The van der Waals surface area contributed by atoms with E-state index < -0.39 is 0 Å². The van der Waals surface area contributed by atoms with E-state index in [-0.39, 0.29) is 0 Å². The zero-order valence-corrected chi connectivity index (χ0v) is 28.8. The van der Waals surface area contributed by atoms with Crippen LogP contribution in [0.2, 0.25) is 0 Å². The van der Waals surface area contributed by atoms with Crippen LogP contribution in [-0.2, 0) is 0 Å². The zero-order valence-electron chi connectivity index (χ0n) is 27.9. The molecule has 4 nitrogen and oxygen atoms in total. The lowest BCUT2D eigenvalue weighted by molar-refractivity contribution is 1.08. The Balaban J connectivity index is 1.27. The second kappa shape index (κ2) is 13.1. The van der Waals surface area contributed by atoms with Crippen molar-refractivity contribution in [2.24, 2.45) is 0 Å². The highest BCUT2D eigenvalue weighted by molar-refractivity contribution is 7.26. The Bertz CT molecular complexity index is 2590. The number of nitrogens with zero attached hydrogens (tertiary/aromatic N) is 4. The summed E-state index contributed by atoms with van der Waals surface area (Å²) >= 11 is 1.82. The molecule has 0 aliphatic carbocycles. The first-order valence-corrected chi connectivity index (χ1v) is 17.8. The number of hydrogen-bond donors (Lipinski definition) is 0. The van der Waals surface area contributed by atoms with Gasteiger partial charge in [0.15, 0.2) is 17.5 Å². The Morgan fingerprint density at radius 1 is 0.412 bits per heavy atom. The molecular weight excluding hydrogens is 641 g/mol. The van der Waals surface area contributed by atoms with E-state index in [0.717, 1.165) is 33.5 Å². The first kappa shape index (κ1) is 30.6. The lowest BCUT2D eigenvalue weighted by Gasteiger charge is -2.24. The van der Waals surface area contributed by atoms with Gasteiger partial charge in [-0.15, -0.1) is 11.3 Å². The highest BCUT2D eigenvalue weighted by Gasteiger charge is 2.21. The molecular formula is C46H32N4S. The number of hydrogen-bond acceptors (Lipinski definition) is 5. The molecule has 0 spiro atoms. The maximum absolute atomic E-state index is 5.14. The number of rotatable bonds is 7. The number of benzene rings is 7. The van der Waals surface area contributed by atoms with Gasteiger partial charge in [0.05, 0.1) is 0 Å². The van der Waals surface area contributed by atoms with Crippen molar-refractivity contribution in [3.8, 4) is 56.4 Å². The van der Waals surface area contributed by atoms with Crippen LogP contribution < -0.4 is 4.90 Å². The van der Waals surface area contributed by atoms with Crippen LogP contribution >= 0.6 is 11.3 Å². The van der Waals surface area contributed by atoms with E-state index in [4.69, 9.17) is 15.0 Å². The zero-order chi connectivity index (χ0) is 34.1. The molecule has 0 unspecified atom stereocenters. The van der Waals surface area contributed by atoms with Crippen molar-refractivity contribution >= 4 is 42.9 Å². The molecule has 2 heterocycles. The van der Waals surface area contributed by atoms with Gasteiger partial charge < -0.3 is 4.90 Å². The average molecular weight is 673 g/mol. The molecule has 242 valence electrons. The maximum Gasteiger partial charge on any atom is 0.164 e. The van der Waals surface area contributed by atoms with E-state index in [0.29, 0.717) is 17.5 Å². The largest absolute Gasteiger partial charge is 0.344 e. The van der Waals surface area contributed by atoms with E-state index in [9.17, 15) is 0 Å². The summed E-state index contributed by atoms with van der Waals surface area (Å²) in [6.07, 6.45) is 0. The van der Waals surface area contributed by atoms with Gasteiger partial charge in [-0.05, 0) is 41.5 Å². The summed E-state index contributed by atoms with van der Waals surface area (Å²) in [6, 6.07) is 61.4. The van der Waals surface area contributed by atoms with Crippen LogP contribution in [0, 0.1) is 0 Å². The second-order valence-corrected chi connectivity index (χ2v) is 13.5. The standard InChI is InChI=1S/C46H32N4S/c1-50(33-21-9-4-10-22-33)40-27-15-13-25-36(40)34-23-11-12-24-35(34)37-29-30-39(42-38-26-14-16-28-41(38)51-43(37)42)46-48-44(31-17-5-2-6-18-31)47-45(49-46)32-19-7-3-8-20-32/h2-30H,1H3. The van der Waals surface area contributed by atoms with Gasteiger partial charge in [0, 0.05) is 66.4 Å². The molecule has 0 bridgehead atoms. The van der Waals surface area contributed by atoms with Crippen LogP contribution in [0.5, 0.6) is 0 Å². The first-order chi connectivity index (χ1) is 25.2. The monoisotopic (exact) mass is 672 g/mol. The average Bonchev–Trinajstić information content (AvgIpc) is 3.61. The molecule has 0 aliphatic heterocycles. The van der Waals surface area contributed by atoms with Crippen molar-refractivity contribution in [3.05, 3.63) is 176 Å². The molecule has 0 saturated carbocycles. The van der Waals surface area contributed by atoms with E-state index >= 15 is 0 Å². The Morgan fingerprint density at radius 3 is 1.57 bits per heavy atom. The summed E-state index contributed by atoms with van der Waals surface area (Å²) in [4.78, 5) is 17.5. The summed E-state index contributed by atoms with van der Waals surface area (Å²) in [5, 5.41) is 2.35. The van der Waals surface area contributed by atoms with Crippen molar-refractivity contribution in [1.29, 1.82) is 0 Å². The van der Waals surface area contributed by atoms with Crippen molar-refractivity contribution in [2.75, 3.05) is 11.9 Å². The summed E-state index contributed by atoms with van der Waals surface area (Å²) in [7, 11) is 2.14. The van der Waals surface area contributed by atoms with Crippen molar-refractivity contribution in [1.82, 2.24) is 15.0 Å². The molecule has 9 aromatic rings. The van der Waals surface area contributed by atoms with Crippen LogP contribution in [0.1, 0.15) is 0 Å². The molecule has 0 radical (unpaired) electrons. The quantitative estimate of drug-likeness (QED) is 0.169. The lowest BCUT2D eigenvalue weighted by atomic mass is 9.91. The summed E-state index contributed by atoms with van der Waals surface area (Å²) in [5.74, 6) is 1.97. The minimum atomic E-state index is 0.653. The molecule has 5 heteroatoms. The number of anilines is 2. The maximum atomic E-state index is 5.14. The lowest BCUT2D eigenvalue weighted by Crippen LogP contribution is -2.10. The van der Waals surface area contributed by atoms with E-state index in [1.807, 2.05) is 47.7 Å². The van der Waals surface area contributed by atoms with Gasteiger partial charge in [-0.3, -0.25) is 0 Å². The SMILES string of the molecule is CN(c1ccccc1)c1ccccc1-c1ccccc1-c1ccc(-c2nc(-c3ccccc3)nc(-c3ccccc3)n2)c2c1sc1ccccc12. The van der Waals surface area contributed by atoms with Crippen LogP contribution in [-0.4, -0.2) is 22.0 Å². The third-order valence-electron chi connectivity index (χ3n) is 9.38. The van der Waals surface area contributed by atoms with Crippen LogP contribution in [0.15, 0.2) is 176 Å². The Kier molecular flexibility index (Phi) is 7.88. The number of fused-ring (bicyclic) bond motifs is 3. The summed E-state index contributed by atoms with van der Waals surface area (Å²) < 4.78 is 2.43. The van der Waals surface area contributed by atoms with Gasteiger partial charge in [0.2, 0.25) is 0 Å². The molecule has 51 heavy (non-hydrogen) atoms. The molecule has 9 rings (SSSR count). The number of para-hydroxylation sites is 2. The summed E-state index contributed by atoms with van der Waals surface area (Å²) in [5.41, 5.74) is 9.90. The summed E-state index contributed by atoms with van der Waals surface area (Å²) in [6.45, 7) is 0. The smallest absolute Gasteiger partial charge is 0.164 e. The molecule has 0 amide bonds. The highest BCUT2D eigenvalue weighted by atomic mass is 32.1. The minimum Gasteiger partial charge on any atom is -0.344 e. The molecule has 0 fully saturated rings. The first-order valence-electron chi connectivity index (χ1n) is 17.0. The van der Waals surface area contributed by atoms with E-state index in [2.05, 4.69) is 151 Å². The fraction of sp³-hybridized carbons (Fsp3) is 0.0217. The molecule has 7 aromatic carbocycles. The third-order valence-corrected chi connectivity index (χ3v) is 10.6. The Morgan fingerprint density at radius 2 is 0.902 bits per heavy atom. The van der Waals surface area contributed by atoms with Gasteiger partial charge >= 0.3 is 0 Å². The van der Waals surface area contributed by atoms with Crippen LogP contribution in [0.3, 0.4) is 0 Å². The Hall–Kier alpha value is -6.43. The van der Waals surface area contributed by atoms with Crippen LogP contribution in [0.4, 0.5) is 11.4 Å². The van der Waals surface area contributed by atoms with Gasteiger partial charge in [0.25, 0.3) is 0 Å². The van der Waals surface area contributed by atoms with Gasteiger partial charge in [-0.2, -0.15) is 0 Å². The van der Waals surface area contributed by atoms with Crippen molar-refractivity contribution in [2.45, 2.75) is 0 Å². The molecule has 2 aromatic heterocycles. The fourth-order valence-corrected chi connectivity index (χ4v) is 8.15. The minimum absolute atomic E-state index is 0.653. The van der Waals surface area contributed by atoms with Crippen LogP contribution in [0.25, 0.3) is 76.6 Å². The predicted molar refractivity (Wildman–Crippen MR) is 214 cm³/mol. The molecule has 0 N–H and O–H groups in total. The topological polar surface area (TPSA) is 41.9 Å². The van der Waals surface area contributed by atoms with Gasteiger partial charge in [0.1, 0.15) is 0 Å². The third kappa shape index (κ3) is 5.64.